The van der Waals surface area contributed by atoms with Gasteiger partial charge in [-0.1, -0.05) is 74.5 Å². The average molecular weight is 287 g/mol. The zero-order valence-corrected chi connectivity index (χ0v) is 12.5. The van der Waals surface area contributed by atoms with E-state index in [1.165, 1.54) is 0 Å². The van der Waals surface area contributed by atoms with Gasteiger partial charge < -0.3 is 0 Å². The third-order valence-corrected chi connectivity index (χ3v) is 4.04. The predicted molar refractivity (Wildman–Crippen MR) is 84.1 cm³/mol. The van der Waals surface area contributed by atoms with Gasteiger partial charge in [-0.2, -0.15) is 0 Å². The second-order valence-electron chi connectivity index (χ2n) is 5.31. The van der Waals surface area contributed by atoms with Crippen molar-refractivity contribution >= 4 is 17.4 Å². The van der Waals surface area contributed by atoms with Crippen molar-refractivity contribution in [2.24, 2.45) is 11.8 Å². The Bertz CT molecular complexity index is 548. The molecule has 2 aromatic carbocycles. The third-order valence-electron chi connectivity index (χ3n) is 3.51. The van der Waals surface area contributed by atoms with Crippen LogP contribution in [-0.2, 0) is 0 Å². The van der Waals surface area contributed by atoms with Crippen molar-refractivity contribution in [1.29, 1.82) is 0 Å². The zero-order chi connectivity index (χ0) is 14.5. The summed E-state index contributed by atoms with van der Waals surface area (Å²) in [6.07, 6.45) is 0. The van der Waals surface area contributed by atoms with Crippen molar-refractivity contribution in [2.75, 3.05) is 0 Å². The minimum atomic E-state index is -0.302. The highest BCUT2D eigenvalue weighted by Gasteiger charge is 2.31. The van der Waals surface area contributed by atoms with Gasteiger partial charge in [0.05, 0.1) is 5.38 Å². The minimum Gasteiger partial charge on any atom is -0.294 e. The van der Waals surface area contributed by atoms with Crippen LogP contribution in [0.25, 0.3) is 0 Å². The van der Waals surface area contributed by atoms with Crippen LogP contribution in [0.1, 0.15) is 35.1 Å². The van der Waals surface area contributed by atoms with Crippen molar-refractivity contribution < 1.29 is 4.79 Å². The minimum absolute atomic E-state index is 0.115. The maximum atomic E-state index is 12.7. The molecule has 2 unspecified atom stereocenters. The Hall–Kier alpha value is -1.60. The van der Waals surface area contributed by atoms with Crippen LogP contribution < -0.4 is 0 Å². The van der Waals surface area contributed by atoms with Crippen molar-refractivity contribution in [3.63, 3.8) is 0 Å². The molecule has 0 fully saturated rings. The highest BCUT2D eigenvalue weighted by Crippen LogP contribution is 2.36. The summed E-state index contributed by atoms with van der Waals surface area (Å²) in [4.78, 5) is 12.7. The van der Waals surface area contributed by atoms with Crippen LogP contribution in [0, 0.1) is 11.8 Å². The van der Waals surface area contributed by atoms with E-state index in [2.05, 4.69) is 0 Å². The Balaban J connectivity index is 2.30. The molecule has 0 radical (unpaired) electrons. The topological polar surface area (TPSA) is 17.1 Å². The Labute approximate surface area is 125 Å². The Morgan fingerprint density at radius 2 is 1.40 bits per heavy atom. The number of hydrogen-bond donors (Lipinski definition) is 0. The standard InChI is InChI=1S/C18H19ClO/c1-13(2)16(17(19)14-9-5-3-6-10-14)18(20)15-11-7-4-8-12-15/h3-13,16-17H,1-2H3. The largest absolute Gasteiger partial charge is 0.294 e. The number of halogens is 1. The van der Waals surface area contributed by atoms with Gasteiger partial charge in [0, 0.05) is 11.5 Å². The van der Waals surface area contributed by atoms with Crippen LogP contribution in [0.15, 0.2) is 60.7 Å². The van der Waals surface area contributed by atoms with Gasteiger partial charge >= 0.3 is 0 Å². The highest BCUT2D eigenvalue weighted by molar-refractivity contribution is 6.23. The van der Waals surface area contributed by atoms with E-state index in [4.69, 9.17) is 11.6 Å². The number of carbonyl (C=O) groups is 1. The van der Waals surface area contributed by atoms with E-state index in [9.17, 15) is 4.79 Å². The van der Waals surface area contributed by atoms with Crippen molar-refractivity contribution in [1.82, 2.24) is 0 Å². The van der Waals surface area contributed by atoms with Gasteiger partial charge in [0.25, 0.3) is 0 Å². The first-order valence-corrected chi connectivity index (χ1v) is 7.33. The van der Waals surface area contributed by atoms with Crippen LogP contribution in [0.2, 0.25) is 0 Å². The van der Waals surface area contributed by atoms with E-state index in [0.29, 0.717) is 0 Å². The Morgan fingerprint density at radius 1 is 0.900 bits per heavy atom. The van der Waals surface area contributed by atoms with Crippen LogP contribution in [0.3, 0.4) is 0 Å². The molecule has 2 rings (SSSR count). The first-order valence-electron chi connectivity index (χ1n) is 6.89. The van der Waals surface area contributed by atoms with Crippen LogP contribution >= 0.6 is 11.6 Å². The molecule has 0 heterocycles. The molecule has 0 aromatic heterocycles. The number of Topliss-reactive ketones (excluding diaryl/α,β-unsaturated/α-hetero) is 1. The van der Waals surface area contributed by atoms with Gasteiger partial charge in [0.2, 0.25) is 0 Å². The van der Waals surface area contributed by atoms with Crippen molar-refractivity contribution in [2.45, 2.75) is 19.2 Å². The highest BCUT2D eigenvalue weighted by atomic mass is 35.5. The number of carbonyl (C=O) groups excluding carboxylic acids is 1. The average Bonchev–Trinajstić information content (AvgIpc) is 2.48. The predicted octanol–water partition coefficient (Wildman–Crippen LogP) is 5.12. The lowest BCUT2D eigenvalue weighted by atomic mass is 9.83. The molecule has 0 N–H and O–H groups in total. The van der Waals surface area contributed by atoms with E-state index in [1.807, 2.05) is 74.5 Å². The van der Waals surface area contributed by atoms with E-state index >= 15 is 0 Å². The molecule has 0 spiro atoms. The molecule has 20 heavy (non-hydrogen) atoms. The molecule has 0 saturated carbocycles. The molecule has 104 valence electrons. The normalized spacial score (nSPS) is 14.0. The van der Waals surface area contributed by atoms with E-state index < -0.39 is 0 Å². The molecule has 2 heteroatoms. The summed E-state index contributed by atoms with van der Waals surface area (Å²) < 4.78 is 0. The van der Waals surface area contributed by atoms with Crippen molar-refractivity contribution in [3.05, 3.63) is 71.8 Å². The van der Waals surface area contributed by atoms with Crippen LogP contribution in [0.4, 0.5) is 0 Å². The van der Waals surface area contributed by atoms with Crippen molar-refractivity contribution in [3.8, 4) is 0 Å². The molecule has 0 saturated heterocycles. The van der Waals surface area contributed by atoms with Crippen LogP contribution in [-0.4, -0.2) is 5.78 Å². The summed E-state index contributed by atoms with van der Waals surface area (Å²) >= 11 is 6.59. The maximum Gasteiger partial charge on any atom is 0.168 e. The number of rotatable bonds is 5. The summed E-state index contributed by atoms with van der Waals surface area (Å²) in [6, 6.07) is 19.2. The van der Waals surface area contributed by atoms with Gasteiger partial charge in [0.1, 0.15) is 0 Å². The smallest absolute Gasteiger partial charge is 0.168 e. The third kappa shape index (κ3) is 3.29. The quantitative estimate of drug-likeness (QED) is 0.550. The van der Waals surface area contributed by atoms with Crippen LogP contribution in [0.5, 0.6) is 0 Å². The lowest BCUT2D eigenvalue weighted by Crippen LogP contribution is -2.25. The number of ketones is 1. The lowest BCUT2D eigenvalue weighted by Gasteiger charge is -2.25. The van der Waals surface area contributed by atoms with E-state index in [-0.39, 0.29) is 23.0 Å². The molecule has 2 atom stereocenters. The second kappa shape index (κ2) is 6.71. The molecule has 2 aromatic rings. The fraction of sp³-hybridized carbons (Fsp3) is 0.278. The van der Waals surface area contributed by atoms with E-state index in [1.54, 1.807) is 0 Å². The van der Waals surface area contributed by atoms with Gasteiger partial charge in [-0.3, -0.25) is 4.79 Å². The fourth-order valence-electron chi connectivity index (χ4n) is 2.41. The Kier molecular flexibility index (Phi) is 4.97. The first-order chi connectivity index (χ1) is 9.61. The number of alkyl halides is 1. The molecule has 0 aliphatic heterocycles. The van der Waals surface area contributed by atoms with Gasteiger partial charge in [-0.15, -0.1) is 11.6 Å². The summed E-state index contributed by atoms with van der Waals surface area (Å²) in [6.45, 7) is 4.09. The van der Waals surface area contributed by atoms with Gasteiger partial charge in [0.15, 0.2) is 5.78 Å². The maximum absolute atomic E-state index is 12.7. The SMILES string of the molecule is CC(C)C(C(=O)c1ccccc1)C(Cl)c1ccccc1. The molecule has 0 bridgehead atoms. The molecule has 0 aliphatic rings. The second-order valence-corrected chi connectivity index (χ2v) is 5.78. The molecule has 0 aliphatic carbocycles. The molecule has 0 amide bonds. The molecular weight excluding hydrogens is 268 g/mol. The zero-order valence-electron chi connectivity index (χ0n) is 11.8. The van der Waals surface area contributed by atoms with E-state index in [0.717, 1.165) is 11.1 Å². The lowest BCUT2D eigenvalue weighted by molar-refractivity contribution is 0.0881. The first kappa shape index (κ1) is 14.8. The van der Waals surface area contributed by atoms with Gasteiger partial charge in [-0.05, 0) is 11.5 Å². The summed E-state index contributed by atoms with van der Waals surface area (Å²) in [5.74, 6) is 0.0799. The molecular formula is C18H19ClO. The monoisotopic (exact) mass is 286 g/mol. The number of hydrogen-bond acceptors (Lipinski definition) is 1. The fourth-order valence-corrected chi connectivity index (χ4v) is 2.96. The summed E-state index contributed by atoms with van der Waals surface area (Å²) in [7, 11) is 0. The number of benzene rings is 2. The Morgan fingerprint density at radius 3 is 1.90 bits per heavy atom. The molecule has 1 nitrogen and oxygen atoms in total. The summed E-state index contributed by atoms with van der Waals surface area (Å²) in [5.41, 5.74) is 1.73. The summed E-state index contributed by atoms with van der Waals surface area (Å²) in [5, 5.41) is -0.302. The van der Waals surface area contributed by atoms with Gasteiger partial charge in [-0.25, -0.2) is 0 Å².